The van der Waals surface area contributed by atoms with Gasteiger partial charge in [0.15, 0.2) is 5.76 Å². The van der Waals surface area contributed by atoms with Crippen LogP contribution in [0.1, 0.15) is 26.5 Å². The predicted molar refractivity (Wildman–Crippen MR) is 95.6 cm³/mol. The molecule has 0 spiro atoms. The number of amides is 2. The van der Waals surface area contributed by atoms with E-state index in [1.54, 1.807) is 36.4 Å². The van der Waals surface area contributed by atoms with Gasteiger partial charge >= 0.3 is 0 Å². The molecule has 0 saturated carbocycles. The van der Waals surface area contributed by atoms with Crippen molar-refractivity contribution in [2.45, 2.75) is 6.42 Å². The van der Waals surface area contributed by atoms with Crippen molar-refractivity contribution in [3.63, 3.8) is 0 Å². The van der Waals surface area contributed by atoms with Gasteiger partial charge in [-0.25, -0.2) is 0 Å². The Kier molecular flexibility index (Phi) is 5.26. The summed E-state index contributed by atoms with van der Waals surface area (Å²) in [7, 11) is 0. The molecule has 0 aliphatic rings. The molecule has 0 bridgehead atoms. The van der Waals surface area contributed by atoms with Crippen molar-refractivity contribution in [3.8, 4) is 0 Å². The van der Waals surface area contributed by atoms with Gasteiger partial charge in [-0.1, -0.05) is 30.3 Å². The summed E-state index contributed by atoms with van der Waals surface area (Å²) in [5.41, 5.74) is 2.32. The van der Waals surface area contributed by atoms with Crippen molar-refractivity contribution < 1.29 is 14.0 Å². The van der Waals surface area contributed by atoms with E-state index in [4.69, 9.17) is 4.42 Å². The Hall–Kier alpha value is -3.34. The molecular weight excluding hydrogens is 316 g/mol. The molecular formula is C20H18N2O3. The van der Waals surface area contributed by atoms with Crippen molar-refractivity contribution in [1.29, 1.82) is 0 Å². The van der Waals surface area contributed by atoms with E-state index in [-0.39, 0.29) is 17.6 Å². The maximum Gasteiger partial charge on any atom is 0.291 e. The van der Waals surface area contributed by atoms with Gasteiger partial charge in [0.2, 0.25) is 0 Å². The van der Waals surface area contributed by atoms with E-state index >= 15 is 0 Å². The zero-order valence-electron chi connectivity index (χ0n) is 13.6. The van der Waals surface area contributed by atoms with Crippen LogP contribution in [0, 0.1) is 0 Å². The third-order valence-corrected chi connectivity index (χ3v) is 3.69. The summed E-state index contributed by atoms with van der Waals surface area (Å²) in [6.07, 6.45) is 2.22. The summed E-state index contributed by atoms with van der Waals surface area (Å²) in [4.78, 5) is 24.0. The summed E-state index contributed by atoms with van der Waals surface area (Å²) in [5.74, 6) is -0.229. The van der Waals surface area contributed by atoms with Crippen LogP contribution < -0.4 is 10.6 Å². The largest absolute Gasteiger partial charge is 0.459 e. The number of rotatable bonds is 6. The van der Waals surface area contributed by atoms with Gasteiger partial charge in [0.1, 0.15) is 0 Å². The monoisotopic (exact) mass is 334 g/mol. The summed E-state index contributed by atoms with van der Waals surface area (Å²) < 4.78 is 5.03. The molecule has 25 heavy (non-hydrogen) atoms. The summed E-state index contributed by atoms with van der Waals surface area (Å²) >= 11 is 0. The Labute approximate surface area is 145 Å². The molecule has 0 aliphatic heterocycles. The lowest BCUT2D eigenvalue weighted by molar-refractivity contribution is 0.0953. The number of furan rings is 1. The number of hydrogen-bond donors (Lipinski definition) is 2. The van der Waals surface area contributed by atoms with Gasteiger partial charge in [-0.2, -0.15) is 0 Å². The molecule has 0 unspecified atom stereocenters. The van der Waals surface area contributed by atoms with Gasteiger partial charge in [0.05, 0.1) is 6.26 Å². The Bertz CT molecular complexity index is 825. The molecule has 0 atom stereocenters. The minimum Gasteiger partial charge on any atom is -0.459 e. The first-order valence-electron chi connectivity index (χ1n) is 7.99. The Morgan fingerprint density at radius 1 is 0.840 bits per heavy atom. The van der Waals surface area contributed by atoms with Crippen LogP contribution in [0.4, 0.5) is 5.69 Å². The molecule has 5 nitrogen and oxygen atoms in total. The third-order valence-electron chi connectivity index (χ3n) is 3.69. The quantitative estimate of drug-likeness (QED) is 0.725. The molecule has 2 aromatic carbocycles. The average Bonchev–Trinajstić information content (AvgIpc) is 3.18. The van der Waals surface area contributed by atoms with Gasteiger partial charge < -0.3 is 15.1 Å². The highest BCUT2D eigenvalue weighted by Gasteiger charge is 2.09. The number of hydrogen-bond acceptors (Lipinski definition) is 3. The maximum atomic E-state index is 12.1. The zero-order chi connectivity index (χ0) is 17.5. The first kappa shape index (κ1) is 16.5. The van der Waals surface area contributed by atoms with Crippen LogP contribution in [0.15, 0.2) is 77.4 Å². The minimum atomic E-state index is -0.329. The normalized spacial score (nSPS) is 10.2. The Morgan fingerprint density at radius 2 is 1.60 bits per heavy atom. The van der Waals surface area contributed by atoms with Crippen LogP contribution >= 0.6 is 0 Å². The highest BCUT2D eigenvalue weighted by Crippen LogP contribution is 2.12. The second-order valence-electron chi connectivity index (χ2n) is 5.50. The topological polar surface area (TPSA) is 71.3 Å². The molecule has 2 N–H and O–H groups in total. The first-order valence-corrected chi connectivity index (χ1v) is 7.99. The molecule has 0 aliphatic carbocycles. The fourth-order valence-electron chi connectivity index (χ4n) is 2.37. The van der Waals surface area contributed by atoms with Crippen LogP contribution in [0.2, 0.25) is 0 Å². The predicted octanol–water partition coefficient (Wildman–Crippen LogP) is 3.50. The van der Waals surface area contributed by atoms with Crippen molar-refractivity contribution >= 4 is 17.5 Å². The lowest BCUT2D eigenvalue weighted by Crippen LogP contribution is -2.25. The fourth-order valence-corrected chi connectivity index (χ4v) is 2.37. The number of anilines is 1. The number of carbonyl (C=O) groups excluding carboxylic acids is 2. The van der Waals surface area contributed by atoms with Crippen molar-refractivity contribution in [3.05, 3.63) is 89.9 Å². The molecule has 3 aromatic rings. The molecule has 1 aromatic heterocycles. The van der Waals surface area contributed by atoms with E-state index in [0.717, 1.165) is 6.42 Å². The van der Waals surface area contributed by atoms with Gasteiger partial charge in [0, 0.05) is 17.8 Å². The van der Waals surface area contributed by atoms with E-state index < -0.39 is 0 Å². The molecule has 1 heterocycles. The molecule has 5 heteroatoms. The second kappa shape index (κ2) is 7.97. The molecule has 0 fully saturated rings. The first-order chi connectivity index (χ1) is 12.2. The summed E-state index contributed by atoms with van der Waals surface area (Å²) in [5, 5.41) is 5.60. The van der Waals surface area contributed by atoms with E-state index in [9.17, 15) is 9.59 Å². The minimum absolute atomic E-state index is 0.139. The number of benzene rings is 2. The van der Waals surface area contributed by atoms with Crippen LogP contribution in [-0.4, -0.2) is 18.4 Å². The van der Waals surface area contributed by atoms with Gasteiger partial charge in [-0.05, 0) is 48.4 Å². The smallest absolute Gasteiger partial charge is 0.291 e. The second-order valence-corrected chi connectivity index (χ2v) is 5.50. The van der Waals surface area contributed by atoms with Crippen LogP contribution in [-0.2, 0) is 6.42 Å². The van der Waals surface area contributed by atoms with E-state index in [1.165, 1.54) is 11.8 Å². The highest BCUT2D eigenvalue weighted by atomic mass is 16.3. The standard InChI is InChI=1S/C20H18N2O3/c23-19(21-13-12-15-5-2-1-3-6-15)16-8-10-17(11-9-16)22-20(24)18-7-4-14-25-18/h1-11,14H,12-13H2,(H,21,23)(H,22,24). The van der Waals surface area contributed by atoms with Crippen molar-refractivity contribution in [2.75, 3.05) is 11.9 Å². The van der Waals surface area contributed by atoms with Gasteiger partial charge in [-0.15, -0.1) is 0 Å². The third kappa shape index (κ3) is 4.57. The van der Waals surface area contributed by atoms with Gasteiger partial charge in [0.25, 0.3) is 11.8 Å². The lowest BCUT2D eigenvalue weighted by Gasteiger charge is -2.07. The molecule has 0 radical (unpaired) electrons. The summed E-state index contributed by atoms with van der Waals surface area (Å²) in [6, 6.07) is 20.0. The lowest BCUT2D eigenvalue weighted by atomic mass is 10.1. The maximum absolute atomic E-state index is 12.1. The van der Waals surface area contributed by atoms with E-state index in [2.05, 4.69) is 10.6 Å². The van der Waals surface area contributed by atoms with Gasteiger partial charge in [-0.3, -0.25) is 9.59 Å². The zero-order valence-corrected chi connectivity index (χ0v) is 13.6. The molecule has 3 rings (SSSR count). The number of nitrogens with one attached hydrogen (secondary N) is 2. The number of carbonyl (C=O) groups is 2. The molecule has 0 saturated heterocycles. The summed E-state index contributed by atoms with van der Waals surface area (Å²) in [6.45, 7) is 0.569. The van der Waals surface area contributed by atoms with Crippen molar-refractivity contribution in [1.82, 2.24) is 5.32 Å². The van der Waals surface area contributed by atoms with Crippen LogP contribution in [0.5, 0.6) is 0 Å². The molecule has 2 amide bonds. The molecule has 126 valence electrons. The van der Waals surface area contributed by atoms with E-state index in [1.807, 2.05) is 30.3 Å². The van der Waals surface area contributed by atoms with Crippen LogP contribution in [0.3, 0.4) is 0 Å². The highest BCUT2D eigenvalue weighted by molar-refractivity contribution is 6.02. The van der Waals surface area contributed by atoms with Crippen molar-refractivity contribution in [2.24, 2.45) is 0 Å². The fraction of sp³-hybridized carbons (Fsp3) is 0.100. The SMILES string of the molecule is O=C(NCCc1ccccc1)c1ccc(NC(=O)c2ccco2)cc1. The van der Waals surface area contributed by atoms with E-state index in [0.29, 0.717) is 17.8 Å². The Morgan fingerprint density at radius 3 is 2.28 bits per heavy atom. The average molecular weight is 334 g/mol. The van der Waals surface area contributed by atoms with Crippen LogP contribution in [0.25, 0.3) is 0 Å². The Balaban J connectivity index is 1.51.